The largest absolute Gasteiger partial charge is 0.494 e. The average Bonchev–Trinajstić information content (AvgIpc) is 3.11. The summed E-state index contributed by atoms with van der Waals surface area (Å²) in [4.78, 5) is 0. The van der Waals surface area contributed by atoms with Crippen LogP contribution in [0.1, 0.15) is 34.5 Å². The minimum Gasteiger partial charge on any atom is -0.464 e. The molecule has 0 spiro atoms. The summed E-state index contributed by atoms with van der Waals surface area (Å²) >= 11 is 0. The molecule has 0 radical (unpaired) electrons. The van der Waals surface area contributed by atoms with Crippen LogP contribution >= 0.6 is 0 Å². The van der Waals surface area contributed by atoms with Crippen LogP contribution in [0.4, 0.5) is 0 Å². The molecule has 2 aromatic carbocycles. The van der Waals surface area contributed by atoms with E-state index in [9.17, 15) is 0 Å². The summed E-state index contributed by atoms with van der Waals surface area (Å²) in [6, 6.07) is 6.01. The van der Waals surface area contributed by atoms with Crippen LogP contribution in [0.25, 0.3) is 22.1 Å². The highest BCUT2D eigenvalue weighted by Gasteiger charge is 2.51. The summed E-state index contributed by atoms with van der Waals surface area (Å²) in [6.45, 7) is 7.88. The zero-order valence-electron chi connectivity index (χ0n) is 19.1. The van der Waals surface area contributed by atoms with E-state index >= 15 is 0 Å². The van der Waals surface area contributed by atoms with Crippen molar-refractivity contribution in [3.8, 4) is 11.1 Å². The zero-order valence-corrected chi connectivity index (χ0v) is 14.1. The van der Waals surface area contributed by atoms with Gasteiger partial charge in [0.1, 0.15) is 6.95 Å². The molecule has 24 heavy (non-hydrogen) atoms. The fraction of sp³-hybridized carbons (Fsp3) is 0.300. The fourth-order valence-corrected chi connectivity index (χ4v) is 2.73. The van der Waals surface area contributed by atoms with E-state index in [0.29, 0.717) is 11.1 Å². The molecule has 3 nitrogen and oxygen atoms in total. The Hall–Kier alpha value is -2.04. The highest BCUT2D eigenvalue weighted by Crippen LogP contribution is 2.37. The van der Waals surface area contributed by atoms with Gasteiger partial charge in [-0.25, -0.2) is 0 Å². The fourth-order valence-electron chi connectivity index (χ4n) is 2.73. The first-order valence-corrected chi connectivity index (χ1v) is 7.90. The number of rotatable bonds is 2. The Kier molecular flexibility index (Phi) is 2.34. The van der Waals surface area contributed by atoms with E-state index in [-0.39, 0.29) is 41.4 Å². The maximum absolute atomic E-state index is 8.27. The topological polar surface area (TPSA) is 31.6 Å². The van der Waals surface area contributed by atoms with Gasteiger partial charge in [0, 0.05) is 10.9 Å². The van der Waals surface area contributed by atoms with Gasteiger partial charge in [-0.1, -0.05) is 42.4 Å². The second kappa shape index (κ2) is 5.23. The highest BCUT2D eigenvalue weighted by molar-refractivity contribution is 6.62. The van der Waals surface area contributed by atoms with Gasteiger partial charge in [-0.3, -0.25) is 0 Å². The summed E-state index contributed by atoms with van der Waals surface area (Å²) in [7, 11) is -0.582. The number of para-hydroxylation sites is 1. The van der Waals surface area contributed by atoms with E-state index in [4.69, 9.17) is 20.6 Å². The molecule has 1 fully saturated rings. The molecule has 0 bridgehead atoms. The highest BCUT2D eigenvalue weighted by atomic mass is 16.7. The minimum absolute atomic E-state index is 0.0166. The van der Waals surface area contributed by atoms with Gasteiger partial charge in [-0.15, -0.1) is 0 Å². The van der Waals surface area contributed by atoms with Gasteiger partial charge in [0.25, 0.3) is 0 Å². The van der Waals surface area contributed by atoms with Gasteiger partial charge in [-0.2, -0.15) is 0 Å². The second-order valence-corrected chi connectivity index (χ2v) is 7.00. The molecule has 4 rings (SSSR count). The Morgan fingerprint density at radius 3 is 2.46 bits per heavy atom. The predicted octanol–water partition coefficient (Wildman–Crippen LogP) is 4.40. The van der Waals surface area contributed by atoms with Gasteiger partial charge in [0.15, 0.2) is 0 Å². The van der Waals surface area contributed by atoms with Crippen molar-refractivity contribution in [1.29, 1.82) is 0 Å². The van der Waals surface area contributed by atoms with Crippen LogP contribution in [0.3, 0.4) is 0 Å². The summed E-state index contributed by atoms with van der Waals surface area (Å²) in [5.41, 5.74) is 0.690. The third kappa shape index (κ3) is 2.38. The Labute approximate surface area is 149 Å². The van der Waals surface area contributed by atoms with Gasteiger partial charge in [-0.05, 0) is 44.8 Å². The third-order valence-corrected chi connectivity index (χ3v) is 4.86. The molecule has 0 amide bonds. The van der Waals surface area contributed by atoms with E-state index in [1.54, 1.807) is 12.1 Å². The second-order valence-electron chi connectivity index (χ2n) is 7.00. The van der Waals surface area contributed by atoms with Gasteiger partial charge in [0.05, 0.1) is 22.9 Å². The standard InChI is InChI=1S/C20H21BO3/c1-19(2)20(3,4)24-21(23-19)15-9-7-8-14(12-15)17-13-22-18-11-6-5-10-16(17)18/h5-13H,1-4H3/i5D,6D,10D,11D,13D. The van der Waals surface area contributed by atoms with Crippen LogP contribution in [0.15, 0.2) is 59.1 Å². The molecule has 2 heterocycles. The number of benzene rings is 2. The lowest BCUT2D eigenvalue weighted by atomic mass is 9.78. The molecular formula is C20H21BO3. The van der Waals surface area contributed by atoms with Gasteiger partial charge in [0.2, 0.25) is 0 Å². The summed E-state index contributed by atoms with van der Waals surface area (Å²) in [5.74, 6) is 0. The van der Waals surface area contributed by atoms with Crippen LogP contribution < -0.4 is 5.46 Å². The van der Waals surface area contributed by atoms with Crippen molar-refractivity contribution >= 4 is 23.6 Å². The lowest BCUT2D eigenvalue weighted by Gasteiger charge is -2.32. The lowest BCUT2D eigenvalue weighted by Crippen LogP contribution is -2.41. The van der Waals surface area contributed by atoms with Crippen molar-refractivity contribution in [2.45, 2.75) is 38.9 Å². The molecule has 122 valence electrons. The quantitative estimate of drug-likeness (QED) is 0.655. The number of hydrogen-bond donors (Lipinski definition) is 0. The predicted molar refractivity (Wildman–Crippen MR) is 97.4 cm³/mol. The zero-order chi connectivity index (χ0) is 21.3. The Bertz CT molecular complexity index is 1120. The molecule has 0 aliphatic carbocycles. The Morgan fingerprint density at radius 1 is 1.00 bits per heavy atom. The van der Waals surface area contributed by atoms with E-state index in [2.05, 4.69) is 0 Å². The van der Waals surface area contributed by atoms with E-state index in [1.807, 2.05) is 39.8 Å². The van der Waals surface area contributed by atoms with Crippen molar-refractivity contribution in [3.05, 3.63) is 54.7 Å². The van der Waals surface area contributed by atoms with Crippen molar-refractivity contribution in [2.24, 2.45) is 0 Å². The number of fused-ring (bicyclic) bond motifs is 1. The molecule has 1 saturated heterocycles. The first-order chi connectivity index (χ1) is 13.4. The molecular weight excluding hydrogens is 299 g/mol. The van der Waals surface area contributed by atoms with E-state index < -0.39 is 18.3 Å². The normalized spacial score (nSPS) is 22.0. The lowest BCUT2D eigenvalue weighted by molar-refractivity contribution is 0.00578. The number of furan rings is 1. The number of hydrogen-bond acceptors (Lipinski definition) is 3. The molecule has 0 unspecified atom stereocenters. The van der Waals surface area contributed by atoms with Crippen LogP contribution in [0.2, 0.25) is 0 Å². The van der Waals surface area contributed by atoms with Gasteiger partial charge < -0.3 is 13.7 Å². The SMILES string of the molecule is [2H]c1oc2c([2H])c([2H])c([2H])c([2H])c2c1-c1cccc(B2OC(C)(C)C(C)(C)O2)c1. The molecule has 1 aromatic heterocycles. The maximum Gasteiger partial charge on any atom is 0.494 e. The summed E-state index contributed by atoms with van der Waals surface area (Å²) in [6.07, 6.45) is -0.210. The van der Waals surface area contributed by atoms with Crippen LogP contribution in [0.5, 0.6) is 0 Å². The Balaban J connectivity index is 1.87. The molecule has 1 aliphatic rings. The van der Waals surface area contributed by atoms with Crippen molar-refractivity contribution in [1.82, 2.24) is 0 Å². The first kappa shape index (κ1) is 10.8. The molecule has 1 aliphatic heterocycles. The molecule has 0 atom stereocenters. The molecule has 4 heteroatoms. The smallest absolute Gasteiger partial charge is 0.464 e. The van der Waals surface area contributed by atoms with Crippen molar-refractivity contribution in [3.63, 3.8) is 0 Å². The summed E-state index contributed by atoms with van der Waals surface area (Å²) in [5, 5.41) is 0.201. The van der Waals surface area contributed by atoms with E-state index in [1.165, 1.54) is 0 Å². The van der Waals surface area contributed by atoms with Gasteiger partial charge >= 0.3 is 7.12 Å². The average molecular weight is 325 g/mol. The first-order valence-electron chi connectivity index (χ1n) is 10.4. The third-order valence-electron chi connectivity index (χ3n) is 4.86. The maximum atomic E-state index is 8.27. The van der Waals surface area contributed by atoms with Crippen molar-refractivity contribution < 1.29 is 20.6 Å². The van der Waals surface area contributed by atoms with E-state index in [0.717, 1.165) is 5.46 Å². The monoisotopic (exact) mass is 325 g/mol. The summed E-state index contributed by atoms with van der Waals surface area (Å²) < 4.78 is 58.0. The van der Waals surface area contributed by atoms with Crippen molar-refractivity contribution in [2.75, 3.05) is 0 Å². The molecule has 0 N–H and O–H groups in total. The minimum atomic E-state index is -0.582. The molecule has 3 aromatic rings. The molecule has 0 saturated carbocycles. The van der Waals surface area contributed by atoms with Crippen LogP contribution in [0, 0.1) is 0 Å². The van der Waals surface area contributed by atoms with Crippen LogP contribution in [-0.4, -0.2) is 18.3 Å². The van der Waals surface area contributed by atoms with Crippen LogP contribution in [-0.2, 0) is 9.31 Å². The Morgan fingerprint density at radius 2 is 1.71 bits per heavy atom.